The molecule has 0 fully saturated rings. The van der Waals surface area contributed by atoms with Crippen molar-refractivity contribution in [3.63, 3.8) is 0 Å². The van der Waals surface area contributed by atoms with Crippen LogP contribution in [0, 0.1) is 11.3 Å². The van der Waals surface area contributed by atoms with Crippen LogP contribution in [0.5, 0.6) is 0 Å². The fraction of sp³-hybridized carbons (Fsp3) is 0.154. The molecule has 0 saturated carbocycles. The summed E-state index contributed by atoms with van der Waals surface area (Å²) in [7, 11) is 1.74. The first-order valence-electron chi connectivity index (χ1n) is 5.66. The van der Waals surface area contributed by atoms with Gasteiger partial charge >= 0.3 is 0 Å². The molecule has 0 aliphatic carbocycles. The van der Waals surface area contributed by atoms with Crippen molar-refractivity contribution in [2.75, 3.05) is 17.7 Å². The van der Waals surface area contributed by atoms with Crippen molar-refractivity contribution in [3.05, 3.63) is 46.6 Å². The Hall–Kier alpha value is -2.32. The van der Waals surface area contributed by atoms with Crippen LogP contribution in [-0.2, 0) is 6.54 Å². The summed E-state index contributed by atoms with van der Waals surface area (Å²) in [6, 6.07) is 9.47. The molecule has 0 atom stereocenters. The summed E-state index contributed by atoms with van der Waals surface area (Å²) in [5.41, 5.74) is 1.61. The van der Waals surface area contributed by atoms with E-state index in [2.05, 4.69) is 26.7 Å². The highest BCUT2D eigenvalue weighted by molar-refractivity contribution is 6.32. The average molecular weight is 274 g/mol. The number of hydrogen-bond acceptors (Lipinski definition) is 5. The van der Waals surface area contributed by atoms with Gasteiger partial charge in [0.05, 0.1) is 17.8 Å². The van der Waals surface area contributed by atoms with Crippen molar-refractivity contribution in [3.8, 4) is 6.07 Å². The van der Waals surface area contributed by atoms with Crippen LogP contribution in [0.15, 0.2) is 30.5 Å². The maximum atomic E-state index is 8.84. The SMILES string of the molecule is CNc1ncc(Cl)c(NCc2cccc(C#N)c2)n1. The molecule has 2 aromatic rings. The van der Waals surface area contributed by atoms with Gasteiger partial charge in [0.25, 0.3) is 0 Å². The quantitative estimate of drug-likeness (QED) is 0.896. The number of nitriles is 1. The molecule has 1 aromatic heterocycles. The zero-order chi connectivity index (χ0) is 13.7. The van der Waals surface area contributed by atoms with E-state index in [9.17, 15) is 0 Å². The smallest absolute Gasteiger partial charge is 0.224 e. The Bertz CT molecular complexity index is 621. The Morgan fingerprint density at radius 1 is 1.42 bits per heavy atom. The minimum absolute atomic E-state index is 0.454. The monoisotopic (exact) mass is 273 g/mol. The summed E-state index contributed by atoms with van der Waals surface area (Å²) in [6.45, 7) is 0.537. The lowest BCUT2D eigenvalue weighted by Gasteiger charge is -2.08. The summed E-state index contributed by atoms with van der Waals surface area (Å²) in [4.78, 5) is 8.22. The molecule has 1 aromatic carbocycles. The van der Waals surface area contributed by atoms with Gasteiger partial charge in [0.15, 0.2) is 5.82 Å². The fourth-order valence-corrected chi connectivity index (χ4v) is 1.71. The van der Waals surface area contributed by atoms with E-state index >= 15 is 0 Å². The third kappa shape index (κ3) is 3.33. The third-order valence-corrected chi connectivity index (χ3v) is 2.76. The van der Waals surface area contributed by atoms with Crippen LogP contribution >= 0.6 is 11.6 Å². The van der Waals surface area contributed by atoms with Crippen molar-refractivity contribution < 1.29 is 0 Å². The van der Waals surface area contributed by atoms with Crippen molar-refractivity contribution in [2.45, 2.75) is 6.54 Å². The molecule has 0 aliphatic heterocycles. The van der Waals surface area contributed by atoms with E-state index in [1.54, 1.807) is 13.1 Å². The second-order valence-corrected chi connectivity index (χ2v) is 4.21. The molecule has 0 aliphatic rings. The summed E-state index contributed by atoms with van der Waals surface area (Å²) in [5, 5.41) is 15.3. The van der Waals surface area contributed by atoms with Crippen LogP contribution in [0.25, 0.3) is 0 Å². The number of nitrogens with zero attached hydrogens (tertiary/aromatic N) is 3. The first-order valence-corrected chi connectivity index (χ1v) is 6.04. The van der Waals surface area contributed by atoms with Gasteiger partial charge in [-0.25, -0.2) is 4.98 Å². The lowest BCUT2D eigenvalue weighted by Crippen LogP contribution is -2.05. The zero-order valence-electron chi connectivity index (χ0n) is 10.3. The Morgan fingerprint density at radius 3 is 3.00 bits per heavy atom. The van der Waals surface area contributed by atoms with E-state index < -0.39 is 0 Å². The van der Waals surface area contributed by atoms with Crippen molar-refractivity contribution in [1.29, 1.82) is 5.26 Å². The Labute approximate surface area is 116 Å². The fourth-order valence-electron chi connectivity index (χ4n) is 1.55. The van der Waals surface area contributed by atoms with Crippen molar-refractivity contribution in [2.24, 2.45) is 0 Å². The predicted molar refractivity (Wildman–Crippen MR) is 75.1 cm³/mol. The molecular weight excluding hydrogens is 262 g/mol. The molecule has 1 heterocycles. The number of hydrogen-bond donors (Lipinski definition) is 2. The van der Waals surface area contributed by atoms with Crippen molar-refractivity contribution in [1.82, 2.24) is 9.97 Å². The average Bonchev–Trinajstić information content (AvgIpc) is 2.46. The topological polar surface area (TPSA) is 73.6 Å². The zero-order valence-corrected chi connectivity index (χ0v) is 11.1. The molecule has 2 rings (SSSR count). The van der Waals surface area contributed by atoms with E-state index in [0.717, 1.165) is 5.56 Å². The molecular formula is C13H12ClN5. The molecule has 96 valence electrons. The molecule has 5 nitrogen and oxygen atoms in total. The highest BCUT2D eigenvalue weighted by Gasteiger charge is 2.04. The highest BCUT2D eigenvalue weighted by Crippen LogP contribution is 2.20. The molecule has 0 saturated heterocycles. The Balaban J connectivity index is 2.12. The molecule has 0 amide bonds. The van der Waals surface area contributed by atoms with Crippen LogP contribution < -0.4 is 10.6 Å². The number of benzene rings is 1. The molecule has 0 radical (unpaired) electrons. The lowest BCUT2D eigenvalue weighted by atomic mass is 10.1. The van der Waals surface area contributed by atoms with Crippen LogP contribution in [0.2, 0.25) is 5.02 Å². The predicted octanol–water partition coefficient (Wildman–Crippen LogP) is 2.66. The number of halogens is 1. The molecule has 19 heavy (non-hydrogen) atoms. The number of anilines is 2. The van der Waals surface area contributed by atoms with Crippen LogP contribution in [-0.4, -0.2) is 17.0 Å². The van der Waals surface area contributed by atoms with E-state index in [1.165, 1.54) is 6.20 Å². The summed E-state index contributed by atoms with van der Waals surface area (Å²) < 4.78 is 0. The van der Waals surface area contributed by atoms with Gasteiger partial charge in [0, 0.05) is 13.6 Å². The second kappa shape index (κ2) is 6.03. The minimum atomic E-state index is 0.454. The maximum Gasteiger partial charge on any atom is 0.224 e. The van der Waals surface area contributed by atoms with E-state index in [-0.39, 0.29) is 0 Å². The van der Waals surface area contributed by atoms with E-state index in [4.69, 9.17) is 16.9 Å². The van der Waals surface area contributed by atoms with Gasteiger partial charge in [-0.1, -0.05) is 23.7 Å². The molecule has 6 heteroatoms. The number of aromatic nitrogens is 2. The van der Waals surface area contributed by atoms with E-state index in [1.807, 2.05) is 18.2 Å². The molecule has 0 unspecified atom stereocenters. The van der Waals surface area contributed by atoms with Crippen molar-refractivity contribution >= 4 is 23.4 Å². The summed E-state index contributed by atoms with van der Waals surface area (Å²) in [6.07, 6.45) is 1.54. The summed E-state index contributed by atoms with van der Waals surface area (Å²) in [5.74, 6) is 1.06. The minimum Gasteiger partial charge on any atom is -0.365 e. The van der Waals surface area contributed by atoms with Crippen LogP contribution in [0.1, 0.15) is 11.1 Å². The van der Waals surface area contributed by atoms with Gasteiger partial charge in [-0.05, 0) is 17.7 Å². The maximum absolute atomic E-state index is 8.84. The Kier molecular flexibility index (Phi) is 4.16. The molecule has 0 spiro atoms. The van der Waals surface area contributed by atoms with E-state index in [0.29, 0.717) is 28.9 Å². The first-order chi connectivity index (χ1) is 9.22. The standard InChI is InChI=1S/C13H12ClN5/c1-16-13-18-8-11(14)12(19-13)17-7-10-4-2-3-9(5-10)6-15/h2-5,8H,7H2,1H3,(H2,16,17,18,19). The Morgan fingerprint density at radius 2 is 2.26 bits per heavy atom. The van der Waals surface area contributed by atoms with Crippen LogP contribution in [0.4, 0.5) is 11.8 Å². The normalized spacial score (nSPS) is 9.74. The first kappa shape index (κ1) is 13.1. The van der Waals surface area contributed by atoms with Gasteiger partial charge in [0.2, 0.25) is 5.95 Å². The molecule has 0 bridgehead atoms. The third-order valence-electron chi connectivity index (χ3n) is 2.48. The summed E-state index contributed by atoms with van der Waals surface area (Å²) >= 11 is 6.01. The second-order valence-electron chi connectivity index (χ2n) is 3.81. The van der Waals surface area contributed by atoms with Gasteiger partial charge in [-0.15, -0.1) is 0 Å². The van der Waals surface area contributed by atoms with Gasteiger partial charge in [-0.2, -0.15) is 10.2 Å². The number of nitrogens with one attached hydrogen (secondary N) is 2. The highest BCUT2D eigenvalue weighted by atomic mass is 35.5. The largest absolute Gasteiger partial charge is 0.365 e. The van der Waals surface area contributed by atoms with Gasteiger partial charge in [0.1, 0.15) is 5.02 Å². The molecule has 2 N–H and O–H groups in total. The van der Waals surface area contributed by atoms with Gasteiger partial charge in [-0.3, -0.25) is 0 Å². The number of rotatable bonds is 4. The lowest BCUT2D eigenvalue weighted by molar-refractivity contribution is 1.08. The van der Waals surface area contributed by atoms with Gasteiger partial charge < -0.3 is 10.6 Å². The van der Waals surface area contributed by atoms with Crippen LogP contribution in [0.3, 0.4) is 0 Å².